The molecule has 0 saturated heterocycles. The quantitative estimate of drug-likeness (QED) is 0.841. The van der Waals surface area contributed by atoms with E-state index in [9.17, 15) is 5.11 Å². The molecule has 0 amide bonds. The molecule has 1 aliphatic carbocycles. The third-order valence-electron chi connectivity index (χ3n) is 3.84. The molecule has 1 aliphatic heterocycles. The van der Waals surface area contributed by atoms with Crippen molar-refractivity contribution in [3.63, 3.8) is 0 Å². The minimum absolute atomic E-state index is 0.446. The molecule has 1 unspecified atom stereocenters. The van der Waals surface area contributed by atoms with Crippen LogP contribution in [0.25, 0.3) is 6.08 Å². The van der Waals surface area contributed by atoms with Crippen molar-refractivity contribution in [1.29, 1.82) is 0 Å². The average molecular weight is 229 g/mol. The van der Waals surface area contributed by atoms with E-state index in [-0.39, 0.29) is 0 Å². The SMILES string of the molecule is CCC1=Cc2cccc(C)c2C(O)N1C1CC1. The third-order valence-corrected chi connectivity index (χ3v) is 3.84. The van der Waals surface area contributed by atoms with Gasteiger partial charge in [-0.15, -0.1) is 0 Å². The van der Waals surface area contributed by atoms with Gasteiger partial charge in [0.25, 0.3) is 0 Å². The van der Waals surface area contributed by atoms with Crippen molar-refractivity contribution in [1.82, 2.24) is 4.90 Å². The number of allylic oxidation sites excluding steroid dienone is 1. The van der Waals surface area contributed by atoms with E-state index in [1.807, 2.05) is 0 Å². The summed E-state index contributed by atoms with van der Waals surface area (Å²) in [6, 6.07) is 6.81. The highest BCUT2D eigenvalue weighted by Crippen LogP contribution is 2.42. The molecule has 0 bridgehead atoms. The van der Waals surface area contributed by atoms with E-state index >= 15 is 0 Å². The van der Waals surface area contributed by atoms with Crippen LogP contribution in [0.3, 0.4) is 0 Å². The van der Waals surface area contributed by atoms with E-state index in [1.165, 1.54) is 29.7 Å². The van der Waals surface area contributed by atoms with Gasteiger partial charge in [-0.2, -0.15) is 0 Å². The van der Waals surface area contributed by atoms with Crippen LogP contribution in [0.4, 0.5) is 0 Å². The number of aliphatic hydroxyl groups is 1. The third kappa shape index (κ3) is 1.67. The summed E-state index contributed by atoms with van der Waals surface area (Å²) >= 11 is 0. The number of aryl methyl sites for hydroxylation is 1. The van der Waals surface area contributed by atoms with Crippen molar-refractivity contribution in [2.75, 3.05) is 0 Å². The lowest BCUT2D eigenvalue weighted by atomic mass is 9.94. The Labute approximate surface area is 103 Å². The summed E-state index contributed by atoms with van der Waals surface area (Å²) in [6.45, 7) is 4.24. The van der Waals surface area contributed by atoms with Crippen molar-refractivity contribution in [2.45, 2.75) is 45.4 Å². The first-order valence-electron chi connectivity index (χ1n) is 6.49. The maximum absolute atomic E-state index is 10.6. The second-order valence-corrected chi connectivity index (χ2v) is 5.08. The van der Waals surface area contributed by atoms with Crippen LogP contribution in [-0.4, -0.2) is 16.0 Å². The van der Waals surface area contributed by atoms with E-state index in [0.29, 0.717) is 6.04 Å². The van der Waals surface area contributed by atoms with E-state index in [0.717, 1.165) is 12.0 Å². The molecule has 1 saturated carbocycles. The van der Waals surface area contributed by atoms with Crippen LogP contribution in [0.15, 0.2) is 23.9 Å². The van der Waals surface area contributed by atoms with Crippen molar-refractivity contribution in [3.05, 3.63) is 40.6 Å². The van der Waals surface area contributed by atoms with Gasteiger partial charge in [0.15, 0.2) is 6.23 Å². The molecule has 1 heterocycles. The van der Waals surface area contributed by atoms with Gasteiger partial charge in [-0.05, 0) is 43.4 Å². The van der Waals surface area contributed by atoms with Crippen LogP contribution in [0.2, 0.25) is 0 Å². The van der Waals surface area contributed by atoms with Crippen LogP contribution in [0, 0.1) is 6.92 Å². The first-order valence-corrected chi connectivity index (χ1v) is 6.49. The molecule has 1 aromatic carbocycles. The molecule has 0 aromatic heterocycles. The Hall–Kier alpha value is -1.28. The van der Waals surface area contributed by atoms with Crippen LogP contribution < -0.4 is 0 Å². The van der Waals surface area contributed by atoms with Gasteiger partial charge >= 0.3 is 0 Å². The van der Waals surface area contributed by atoms with E-state index in [2.05, 4.69) is 43.0 Å². The number of aliphatic hydroxyl groups excluding tert-OH is 1. The van der Waals surface area contributed by atoms with E-state index in [1.54, 1.807) is 0 Å². The minimum atomic E-state index is -0.446. The first-order chi connectivity index (χ1) is 8.22. The molecule has 0 radical (unpaired) electrons. The van der Waals surface area contributed by atoms with Gasteiger partial charge < -0.3 is 10.0 Å². The Morgan fingerprint density at radius 3 is 2.76 bits per heavy atom. The summed E-state index contributed by atoms with van der Waals surface area (Å²) in [5.41, 5.74) is 4.74. The second-order valence-electron chi connectivity index (χ2n) is 5.08. The van der Waals surface area contributed by atoms with Crippen LogP contribution in [-0.2, 0) is 0 Å². The van der Waals surface area contributed by atoms with Gasteiger partial charge in [0.1, 0.15) is 0 Å². The summed E-state index contributed by atoms with van der Waals surface area (Å²) in [7, 11) is 0. The Morgan fingerprint density at radius 2 is 2.12 bits per heavy atom. The standard InChI is InChI=1S/C15H19NO/c1-3-12-9-11-6-4-5-10(2)14(11)15(17)16(12)13-7-8-13/h4-6,9,13,15,17H,3,7-8H2,1-2H3. The van der Waals surface area contributed by atoms with Crippen molar-refractivity contribution < 1.29 is 5.11 Å². The zero-order valence-electron chi connectivity index (χ0n) is 10.5. The highest BCUT2D eigenvalue weighted by Gasteiger charge is 2.37. The fraction of sp³-hybridized carbons (Fsp3) is 0.467. The normalized spacial score (nSPS) is 23.4. The van der Waals surface area contributed by atoms with Gasteiger partial charge in [0.05, 0.1) is 0 Å². The molecule has 0 spiro atoms. The molecule has 1 aromatic rings. The number of benzene rings is 1. The minimum Gasteiger partial charge on any atom is -0.369 e. The molecule has 2 nitrogen and oxygen atoms in total. The van der Waals surface area contributed by atoms with E-state index < -0.39 is 6.23 Å². The second kappa shape index (κ2) is 3.88. The molecule has 90 valence electrons. The fourth-order valence-electron chi connectivity index (χ4n) is 2.80. The lowest BCUT2D eigenvalue weighted by molar-refractivity contribution is 0.0169. The number of hydrogen-bond donors (Lipinski definition) is 1. The zero-order chi connectivity index (χ0) is 12.0. The van der Waals surface area contributed by atoms with Crippen LogP contribution >= 0.6 is 0 Å². The fourth-order valence-corrected chi connectivity index (χ4v) is 2.80. The number of nitrogens with zero attached hydrogens (tertiary/aromatic N) is 1. The van der Waals surface area contributed by atoms with Gasteiger partial charge in [-0.25, -0.2) is 0 Å². The summed E-state index contributed by atoms with van der Waals surface area (Å²) < 4.78 is 0. The van der Waals surface area contributed by atoms with Crippen molar-refractivity contribution in [3.8, 4) is 0 Å². The first kappa shape index (κ1) is 10.8. The van der Waals surface area contributed by atoms with Crippen molar-refractivity contribution in [2.24, 2.45) is 0 Å². The summed E-state index contributed by atoms with van der Waals surface area (Å²) in [5, 5.41) is 10.6. The molecule has 1 N–H and O–H groups in total. The Morgan fingerprint density at radius 1 is 1.35 bits per heavy atom. The maximum atomic E-state index is 10.6. The smallest absolute Gasteiger partial charge is 0.154 e. The molecule has 17 heavy (non-hydrogen) atoms. The highest BCUT2D eigenvalue weighted by molar-refractivity contribution is 5.61. The highest BCUT2D eigenvalue weighted by atomic mass is 16.3. The molecule has 2 heteroatoms. The topological polar surface area (TPSA) is 23.5 Å². The number of hydrogen-bond acceptors (Lipinski definition) is 2. The average Bonchev–Trinajstić information content (AvgIpc) is 3.12. The molecule has 3 rings (SSSR count). The largest absolute Gasteiger partial charge is 0.369 e. The van der Waals surface area contributed by atoms with Crippen LogP contribution in [0.1, 0.15) is 49.1 Å². The summed E-state index contributed by atoms with van der Waals surface area (Å²) in [4.78, 5) is 2.22. The van der Waals surface area contributed by atoms with Crippen LogP contribution in [0.5, 0.6) is 0 Å². The molecule has 1 fully saturated rings. The Kier molecular flexibility index (Phi) is 2.48. The number of fused-ring (bicyclic) bond motifs is 1. The zero-order valence-corrected chi connectivity index (χ0v) is 10.5. The Balaban J connectivity index is 2.11. The monoisotopic (exact) mass is 229 g/mol. The predicted octanol–water partition coefficient (Wildman–Crippen LogP) is 3.21. The van der Waals surface area contributed by atoms with Crippen molar-refractivity contribution >= 4 is 6.08 Å². The van der Waals surface area contributed by atoms with Gasteiger partial charge in [0.2, 0.25) is 0 Å². The summed E-state index contributed by atoms with van der Waals surface area (Å²) in [5.74, 6) is 0. The lowest BCUT2D eigenvalue weighted by Gasteiger charge is -2.37. The predicted molar refractivity (Wildman–Crippen MR) is 69.3 cm³/mol. The molecular weight excluding hydrogens is 210 g/mol. The maximum Gasteiger partial charge on any atom is 0.154 e. The Bertz CT molecular complexity index is 474. The lowest BCUT2D eigenvalue weighted by Crippen LogP contribution is -2.33. The van der Waals surface area contributed by atoms with Gasteiger partial charge in [-0.3, -0.25) is 0 Å². The molecule has 2 aliphatic rings. The molecule has 1 atom stereocenters. The van der Waals surface area contributed by atoms with Gasteiger partial charge in [-0.1, -0.05) is 25.1 Å². The molecular formula is C15H19NO. The van der Waals surface area contributed by atoms with E-state index in [4.69, 9.17) is 0 Å². The summed E-state index contributed by atoms with van der Waals surface area (Å²) in [6.07, 6.45) is 5.22. The van der Waals surface area contributed by atoms with Gasteiger partial charge in [0, 0.05) is 17.3 Å². The number of rotatable bonds is 2.